The van der Waals surface area contributed by atoms with Gasteiger partial charge in [0, 0.05) is 6.20 Å². The molecule has 1 aromatic heterocycles. The molecule has 2 aromatic rings. The van der Waals surface area contributed by atoms with Crippen molar-refractivity contribution in [2.24, 2.45) is 0 Å². The quantitative estimate of drug-likeness (QED) is 0.864. The molecule has 1 amide bonds. The minimum atomic E-state index is -0.508. The van der Waals surface area contributed by atoms with Crippen LogP contribution in [0.5, 0.6) is 0 Å². The molecule has 0 atom stereocenters. The Labute approximate surface area is 116 Å². The van der Waals surface area contributed by atoms with E-state index in [9.17, 15) is 9.59 Å². The van der Waals surface area contributed by atoms with Gasteiger partial charge in [0.1, 0.15) is 5.82 Å². The number of Topliss-reactive ketones (excluding diaryl/α,β-unsaturated/α-hetero) is 1. The van der Waals surface area contributed by atoms with E-state index in [0.29, 0.717) is 17.1 Å². The molecule has 0 saturated heterocycles. The average molecular weight is 267 g/mol. The molecule has 1 aliphatic rings. The smallest absolute Gasteiger partial charge is 0.300 e. The van der Waals surface area contributed by atoms with Crippen molar-refractivity contribution in [3.05, 3.63) is 53.7 Å². The minimum absolute atomic E-state index is 0.220. The molecule has 3 rings (SSSR count). The third-order valence-corrected chi connectivity index (χ3v) is 3.21. The zero-order valence-electron chi connectivity index (χ0n) is 11.0. The largest absolute Gasteiger partial charge is 0.352 e. The molecule has 100 valence electrons. The summed E-state index contributed by atoms with van der Waals surface area (Å²) in [6.07, 6.45) is 1.70. The van der Waals surface area contributed by atoms with Gasteiger partial charge in [-0.3, -0.25) is 14.5 Å². The highest BCUT2D eigenvalue weighted by Crippen LogP contribution is 2.28. The van der Waals surface area contributed by atoms with E-state index >= 15 is 0 Å². The van der Waals surface area contributed by atoms with Crippen LogP contribution in [0, 0.1) is 6.92 Å². The lowest BCUT2D eigenvalue weighted by molar-refractivity contribution is -0.114. The molecule has 1 aliphatic heterocycles. The highest BCUT2D eigenvalue weighted by Gasteiger charge is 2.35. The number of benzene rings is 1. The van der Waals surface area contributed by atoms with Crippen molar-refractivity contribution >= 4 is 23.2 Å². The monoisotopic (exact) mass is 267 g/mol. The normalized spacial score (nSPS) is 13.6. The fraction of sp³-hybridized carbons (Fsp3) is 0.133. The minimum Gasteiger partial charge on any atom is -0.352 e. The van der Waals surface area contributed by atoms with Crippen LogP contribution in [0.3, 0.4) is 0 Å². The lowest BCUT2D eigenvalue weighted by Gasteiger charge is -2.17. The van der Waals surface area contributed by atoms with E-state index in [1.54, 1.807) is 24.4 Å². The number of anilines is 2. The Hall–Kier alpha value is -2.69. The van der Waals surface area contributed by atoms with E-state index in [1.807, 2.05) is 25.1 Å². The first-order valence-electron chi connectivity index (χ1n) is 6.28. The van der Waals surface area contributed by atoms with Gasteiger partial charge < -0.3 is 5.32 Å². The highest BCUT2D eigenvalue weighted by atomic mass is 16.2. The van der Waals surface area contributed by atoms with Crippen molar-refractivity contribution in [3.63, 3.8) is 0 Å². The fourth-order valence-electron chi connectivity index (χ4n) is 2.20. The van der Waals surface area contributed by atoms with E-state index in [2.05, 4.69) is 10.3 Å². The molecule has 0 radical (unpaired) electrons. The summed E-state index contributed by atoms with van der Waals surface area (Å²) in [6, 6.07) is 10.8. The molecule has 1 N–H and O–H groups in total. The average Bonchev–Trinajstić information content (AvgIpc) is 2.70. The lowest BCUT2D eigenvalue weighted by atomic mass is 10.1. The van der Waals surface area contributed by atoms with Gasteiger partial charge in [0.05, 0.1) is 17.9 Å². The molecule has 0 aliphatic carbocycles. The van der Waals surface area contributed by atoms with Crippen molar-refractivity contribution in [1.82, 2.24) is 4.98 Å². The Kier molecular flexibility index (Phi) is 2.95. The first-order chi connectivity index (χ1) is 9.66. The van der Waals surface area contributed by atoms with Crippen LogP contribution in [0.25, 0.3) is 0 Å². The summed E-state index contributed by atoms with van der Waals surface area (Å²) in [5, 5.41) is 3.06. The van der Waals surface area contributed by atoms with Gasteiger partial charge in [0.15, 0.2) is 0 Å². The second-order valence-electron chi connectivity index (χ2n) is 4.63. The number of pyridine rings is 1. The number of carbonyl (C=O) groups excluding carboxylic acids is 2. The van der Waals surface area contributed by atoms with Crippen LogP contribution in [-0.2, 0) is 4.79 Å². The summed E-state index contributed by atoms with van der Waals surface area (Å²) in [4.78, 5) is 29.4. The fourth-order valence-corrected chi connectivity index (χ4v) is 2.20. The second kappa shape index (κ2) is 4.77. The Morgan fingerprint density at radius 2 is 2.00 bits per heavy atom. The number of ketones is 1. The zero-order valence-corrected chi connectivity index (χ0v) is 11.0. The maximum absolute atomic E-state index is 12.0. The van der Waals surface area contributed by atoms with Crippen LogP contribution in [-0.4, -0.2) is 23.3 Å². The Morgan fingerprint density at radius 3 is 2.80 bits per heavy atom. The predicted molar refractivity (Wildman–Crippen MR) is 75.7 cm³/mol. The number of nitrogens with zero attached hydrogens (tertiary/aromatic N) is 2. The molecule has 5 nitrogen and oxygen atoms in total. The number of amides is 1. The summed E-state index contributed by atoms with van der Waals surface area (Å²) >= 11 is 0. The van der Waals surface area contributed by atoms with Crippen LogP contribution in [0.4, 0.5) is 11.5 Å². The number of hydrogen-bond acceptors (Lipinski definition) is 4. The van der Waals surface area contributed by atoms with E-state index < -0.39 is 11.7 Å². The Bertz CT molecular complexity index is 697. The molecule has 2 heterocycles. The number of para-hydroxylation sites is 1. The molecule has 0 saturated carbocycles. The maximum Gasteiger partial charge on any atom is 0.300 e. The second-order valence-corrected chi connectivity index (χ2v) is 4.63. The third kappa shape index (κ3) is 2.03. The number of aromatic nitrogens is 1. The van der Waals surface area contributed by atoms with Crippen LogP contribution in [0.1, 0.15) is 15.9 Å². The third-order valence-electron chi connectivity index (χ3n) is 3.21. The van der Waals surface area contributed by atoms with Crippen LogP contribution in [0.15, 0.2) is 42.6 Å². The maximum atomic E-state index is 12.0. The number of fused-ring (bicyclic) bond motifs is 1. The van der Waals surface area contributed by atoms with Crippen molar-refractivity contribution in [2.45, 2.75) is 6.92 Å². The molecule has 0 fully saturated rings. The van der Waals surface area contributed by atoms with E-state index in [1.165, 1.54) is 4.90 Å². The van der Waals surface area contributed by atoms with E-state index in [0.717, 1.165) is 5.56 Å². The van der Waals surface area contributed by atoms with Crippen molar-refractivity contribution in [1.29, 1.82) is 0 Å². The first-order valence-corrected chi connectivity index (χ1v) is 6.28. The molecule has 0 unspecified atom stereocenters. The predicted octanol–water partition coefficient (Wildman–Crippen LogP) is 1.99. The standard InChI is InChI=1S/C15H13N3O2/c1-10-6-7-16-13(8-10)17-9-18-12-5-3-2-4-11(12)14(19)15(18)20/h2-8H,9H2,1H3,(H,16,17). The lowest BCUT2D eigenvalue weighted by Crippen LogP contribution is -2.34. The summed E-state index contributed by atoms with van der Waals surface area (Å²) in [7, 11) is 0. The van der Waals surface area contributed by atoms with Crippen LogP contribution < -0.4 is 10.2 Å². The highest BCUT2D eigenvalue weighted by molar-refractivity contribution is 6.52. The molecular formula is C15H13N3O2. The summed E-state index contributed by atoms with van der Waals surface area (Å²) in [6.45, 7) is 2.19. The summed E-state index contributed by atoms with van der Waals surface area (Å²) in [5.41, 5.74) is 2.17. The van der Waals surface area contributed by atoms with Crippen molar-refractivity contribution in [2.75, 3.05) is 16.9 Å². The summed E-state index contributed by atoms with van der Waals surface area (Å²) in [5.74, 6) is -0.291. The van der Waals surface area contributed by atoms with Gasteiger partial charge >= 0.3 is 5.91 Å². The molecule has 5 heteroatoms. The number of nitrogens with one attached hydrogen (secondary N) is 1. The molecule has 20 heavy (non-hydrogen) atoms. The molecular weight excluding hydrogens is 254 g/mol. The van der Waals surface area contributed by atoms with E-state index in [-0.39, 0.29) is 6.67 Å². The van der Waals surface area contributed by atoms with E-state index in [4.69, 9.17) is 0 Å². The van der Waals surface area contributed by atoms with Gasteiger partial charge in [0.2, 0.25) is 0 Å². The van der Waals surface area contributed by atoms with Gasteiger partial charge in [-0.15, -0.1) is 0 Å². The molecule has 0 bridgehead atoms. The summed E-state index contributed by atoms with van der Waals surface area (Å²) < 4.78 is 0. The van der Waals surface area contributed by atoms with Crippen molar-refractivity contribution < 1.29 is 9.59 Å². The van der Waals surface area contributed by atoms with Gasteiger partial charge in [-0.2, -0.15) is 0 Å². The van der Waals surface area contributed by atoms with Gasteiger partial charge in [-0.05, 0) is 36.8 Å². The number of aryl methyl sites for hydroxylation is 1. The van der Waals surface area contributed by atoms with Crippen LogP contribution in [0.2, 0.25) is 0 Å². The molecule has 0 spiro atoms. The zero-order chi connectivity index (χ0) is 14.1. The molecule has 1 aromatic carbocycles. The number of carbonyl (C=O) groups is 2. The van der Waals surface area contributed by atoms with Gasteiger partial charge in [-0.1, -0.05) is 12.1 Å². The number of hydrogen-bond donors (Lipinski definition) is 1. The topological polar surface area (TPSA) is 62.3 Å². The van der Waals surface area contributed by atoms with Crippen molar-refractivity contribution in [3.8, 4) is 0 Å². The van der Waals surface area contributed by atoms with Gasteiger partial charge in [0.25, 0.3) is 5.78 Å². The van der Waals surface area contributed by atoms with Gasteiger partial charge in [-0.25, -0.2) is 4.98 Å². The number of rotatable bonds is 3. The Balaban J connectivity index is 1.81. The first kappa shape index (κ1) is 12.3. The van der Waals surface area contributed by atoms with Crippen LogP contribution >= 0.6 is 0 Å². The SMILES string of the molecule is Cc1ccnc(NCN2C(=O)C(=O)c3ccccc32)c1. The Morgan fingerprint density at radius 1 is 1.20 bits per heavy atom.